The van der Waals surface area contributed by atoms with Gasteiger partial charge in [0, 0.05) is 13.1 Å². The van der Waals surface area contributed by atoms with Crippen LogP contribution in [0.5, 0.6) is 0 Å². The van der Waals surface area contributed by atoms with E-state index in [4.69, 9.17) is 0 Å². The zero-order valence-corrected chi connectivity index (χ0v) is 10.7. The van der Waals surface area contributed by atoms with Gasteiger partial charge < -0.3 is 9.88 Å². The highest BCUT2D eigenvalue weighted by Crippen LogP contribution is 2.27. The average molecular weight is 279 g/mol. The van der Waals surface area contributed by atoms with E-state index in [2.05, 4.69) is 15.5 Å². The zero-order chi connectivity index (χ0) is 14.4. The van der Waals surface area contributed by atoms with Crippen LogP contribution in [0.25, 0.3) is 0 Å². The molecule has 0 amide bonds. The Morgan fingerprint density at radius 3 is 2.75 bits per heavy atom. The minimum Gasteiger partial charge on any atom is -0.379 e. The van der Waals surface area contributed by atoms with E-state index >= 15 is 0 Å². The number of nitro groups is 1. The lowest BCUT2D eigenvalue weighted by Crippen LogP contribution is -2.06. The van der Waals surface area contributed by atoms with Crippen molar-refractivity contribution >= 4 is 11.4 Å². The lowest BCUT2D eigenvalue weighted by atomic mass is 10.2. The molecule has 1 heterocycles. The first-order chi connectivity index (χ1) is 9.68. The number of hydrogen-bond donors (Lipinski definition) is 1. The molecule has 7 nitrogen and oxygen atoms in total. The van der Waals surface area contributed by atoms with Crippen LogP contribution in [-0.2, 0) is 6.54 Å². The molecule has 0 aliphatic heterocycles. The van der Waals surface area contributed by atoms with Gasteiger partial charge in [-0.2, -0.15) is 4.39 Å². The number of aryl methyl sites for hydroxylation is 1. The van der Waals surface area contributed by atoms with E-state index in [1.54, 1.807) is 12.7 Å². The molecular weight excluding hydrogens is 265 g/mol. The molecule has 2 aromatic rings. The summed E-state index contributed by atoms with van der Waals surface area (Å²) >= 11 is 0. The molecule has 0 radical (unpaired) electrons. The fraction of sp³-hybridized carbons (Fsp3) is 0.333. The molecule has 0 atom stereocenters. The number of anilines is 1. The zero-order valence-electron chi connectivity index (χ0n) is 10.7. The van der Waals surface area contributed by atoms with Gasteiger partial charge in [-0.3, -0.25) is 10.1 Å². The van der Waals surface area contributed by atoms with Crippen molar-refractivity contribution in [1.82, 2.24) is 14.8 Å². The monoisotopic (exact) mass is 279 g/mol. The van der Waals surface area contributed by atoms with E-state index in [1.807, 2.05) is 4.57 Å². The quantitative estimate of drug-likeness (QED) is 0.477. The van der Waals surface area contributed by atoms with Gasteiger partial charge in [-0.05, 0) is 25.0 Å². The van der Waals surface area contributed by atoms with Gasteiger partial charge in [0.05, 0.1) is 4.92 Å². The third-order valence-electron chi connectivity index (χ3n) is 2.79. The third kappa shape index (κ3) is 3.50. The van der Waals surface area contributed by atoms with Crippen LogP contribution in [0.1, 0.15) is 12.8 Å². The summed E-state index contributed by atoms with van der Waals surface area (Å²) in [6.07, 6.45) is 4.93. The SMILES string of the molecule is O=[N+]([O-])c1c(F)cccc1NCCCCn1cnnc1. The predicted octanol–water partition coefficient (Wildman–Crippen LogP) is 2.22. The number of nitrogens with one attached hydrogen (secondary N) is 1. The number of unbranched alkanes of at least 4 members (excludes halogenated alkanes) is 1. The smallest absolute Gasteiger partial charge is 0.327 e. The molecule has 2 rings (SSSR count). The second kappa shape index (κ2) is 6.60. The Balaban J connectivity index is 1.82. The number of para-hydroxylation sites is 1. The summed E-state index contributed by atoms with van der Waals surface area (Å²) in [5.41, 5.74) is -0.300. The van der Waals surface area contributed by atoms with Crippen molar-refractivity contribution in [3.05, 3.63) is 46.8 Å². The Bertz CT molecular complexity index is 573. The van der Waals surface area contributed by atoms with E-state index in [9.17, 15) is 14.5 Å². The number of halogens is 1. The Hall–Kier alpha value is -2.51. The van der Waals surface area contributed by atoms with Gasteiger partial charge >= 0.3 is 5.69 Å². The molecular formula is C12H14FN5O2. The van der Waals surface area contributed by atoms with Crippen LogP contribution in [0.2, 0.25) is 0 Å². The first kappa shape index (κ1) is 13.9. The van der Waals surface area contributed by atoms with Crippen LogP contribution >= 0.6 is 0 Å². The topological polar surface area (TPSA) is 85.9 Å². The molecule has 0 saturated heterocycles. The molecule has 0 saturated carbocycles. The summed E-state index contributed by atoms with van der Waals surface area (Å²) in [6, 6.07) is 4.03. The van der Waals surface area contributed by atoms with Crippen molar-refractivity contribution in [2.75, 3.05) is 11.9 Å². The number of hydrogen-bond acceptors (Lipinski definition) is 5. The normalized spacial score (nSPS) is 10.4. The number of benzene rings is 1. The Morgan fingerprint density at radius 1 is 1.30 bits per heavy atom. The summed E-state index contributed by atoms with van der Waals surface area (Å²) in [4.78, 5) is 10.1. The van der Waals surface area contributed by atoms with Crippen LogP contribution in [0.15, 0.2) is 30.9 Å². The molecule has 0 bridgehead atoms. The fourth-order valence-corrected chi connectivity index (χ4v) is 1.82. The molecule has 20 heavy (non-hydrogen) atoms. The molecule has 0 fully saturated rings. The van der Waals surface area contributed by atoms with E-state index in [0.717, 1.165) is 25.5 Å². The summed E-state index contributed by atoms with van der Waals surface area (Å²) in [5.74, 6) is -0.829. The number of nitro benzene ring substituents is 1. The maximum absolute atomic E-state index is 13.4. The average Bonchev–Trinajstić information content (AvgIpc) is 2.91. The van der Waals surface area contributed by atoms with E-state index < -0.39 is 16.4 Å². The maximum Gasteiger partial charge on any atom is 0.327 e. The van der Waals surface area contributed by atoms with Crippen molar-refractivity contribution in [3.63, 3.8) is 0 Å². The van der Waals surface area contributed by atoms with E-state index in [0.29, 0.717) is 6.54 Å². The number of rotatable bonds is 7. The molecule has 0 unspecified atom stereocenters. The Labute approximate surface area is 114 Å². The van der Waals surface area contributed by atoms with Gasteiger partial charge in [0.1, 0.15) is 18.3 Å². The third-order valence-corrected chi connectivity index (χ3v) is 2.79. The van der Waals surface area contributed by atoms with Crippen LogP contribution < -0.4 is 5.32 Å². The molecule has 1 aromatic carbocycles. The summed E-state index contributed by atoms with van der Waals surface area (Å²) in [5, 5.41) is 21.1. The van der Waals surface area contributed by atoms with Crippen molar-refractivity contribution < 1.29 is 9.31 Å². The van der Waals surface area contributed by atoms with E-state index in [-0.39, 0.29) is 5.69 Å². The van der Waals surface area contributed by atoms with Crippen LogP contribution in [0.4, 0.5) is 15.8 Å². The standard InChI is InChI=1S/C12H14FN5O2/c13-10-4-3-5-11(12(10)18(19)20)14-6-1-2-7-17-8-15-16-9-17/h3-5,8-9,14H,1-2,6-7H2. The minimum absolute atomic E-state index is 0.208. The van der Waals surface area contributed by atoms with E-state index in [1.165, 1.54) is 12.1 Å². The van der Waals surface area contributed by atoms with Crippen molar-refractivity contribution in [1.29, 1.82) is 0 Å². The highest BCUT2D eigenvalue weighted by atomic mass is 19.1. The van der Waals surface area contributed by atoms with Gasteiger partial charge in [-0.1, -0.05) is 6.07 Å². The molecule has 0 aliphatic rings. The highest BCUT2D eigenvalue weighted by Gasteiger charge is 2.18. The van der Waals surface area contributed by atoms with Crippen molar-refractivity contribution in [2.24, 2.45) is 0 Å². The van der Waals surface area contributed by atoms with Gasteiger partial charge in [0.15, 0.2) is 0 Å². The molecule has 8 heteroatoms. The Kier molecular flexibility index (Phi) is 4.59. The lowest BCUT2D eigenvalue weighted by molar-refractivity contribution is -0.386. The summed E-state index contributed by atoms with van der Waals surface area (Å²) in [7, 11) is 0. The van der Waals surface area contributed by atoms with Crippen LogP contribution in [-0.4, -0.2) is 26.2 Å². The largest absolute Gasteiger partial charge is 0.379 e. The molecule has 0 spiro atoms. The second-order valence-electron chi connectivity index (χ2n) is 4.23. The molecule has 0 aliphatic carbocycles. The Morgan fingerprint density at radius 2 is 2.05 bits per heavy atom. The maximum atomic E-state index is 13.4. The first-order valence-corrected chi connectivity index (χ1v) is 6.17. The molecule has 1 N–H and O–H groups in total. The first-order valence-electron chi connectivity index (χ1n) is 6.17. The fourth-order valence-electron chi connectivity index (χ4n) is 1.82. The number of nitrogens with zero attached hydrogens (tertiary/aromatic N) is 4. The molecule has 1 aromatic heterocycles. The lowest BCUT2D eigenvalue weighted by Gasteiger charge is -2.07. The van der Waals surface area contributed by atoms with Crippen molar-refractivity contribution in [2.45, 2.75) is 19.4 Å². The predicted molar refractivity (Wildman–Crippen MR) is 70.8 cm³/mol. The van der Waals surface area contributed by atoms with Crippen molar-refractivity contribution in [3.8, 4) is 0 Å². The molecule has 106 valence electrons. The summed E-state index contributed by atoms with van der Waals surface area (Å²) < 4.78 is 15.2. The summed E-state index contributed by atoms with van der Waals surface area (Å²) in [6.45, 7) is 1.31. The minimum atomic E-state index is -0.829. The highest BCUT2D eigenvalue weighted by molar-refractivity contribution is 5.61. The van der Waals surface area contributed by atoms with Crippen LogP contribution in [0, 0.1) is 15.9 Å². The van der Waals surface area contributed by atoms with Gasteiger partial charge in [0.25, 0.3) is 0 Å². The number of aromatic nitrogens is 3. The van der Waals surface area contributed by atoms with Gasteiger partial charge in [-0.25, -0.2) is 0 Å². The van der Waals surface area contributed by atoms with Gasteiger partial charge in [0.2, 0.25) is 5.82 Å². The van der Waals surface area contributed by atoms with Gasteiger partial charge in [-0.15, -0.1) is 10.2 Å². The van der Waals surface area contributed by atoms with Crippen LogP contribution in [0.3, 0.4) is 0 Å². The second-order valence-corrected chi connectivity index (χ2v) is 4.23.